The highest BCUT2D eigenvalue weighted by Gasteiger charge is 2.64. The van der Waals surface area contributed by atoms with Crippen LogP contribution in [0.1, 0.15) is 48.5 Å². The SMILES string of the molecule is CC1C(C)(C)C(C)(C)C1(C)C. The van der Waals surface area contributed by atoms with Crippen LogP contribution in [0.3, 0.4) is 0 Å². The van der Waals surface area contributed by atoms with E-state index in [2.05, 4.69) is 48.5 Å². The molecule has 1 saturated carbocycles. The Morgan fingerprint density at radius 1 is 0.727 bits per heavy atom. The Labute approximate surface area is 71.4 Å². The summed E-state index contributed by atoms with van der Waals surface area (Å²) in [4.78, 5) is 0. The summed E-state index contributed by atoms with van der Waals surface area (Å²) < 4.78 is 0. The number of hydrogen-bond donors (Lipinski definition) is 0. The van der Waals surface area contributed by atoms with Crippen LogP contribution >= 0.6 is 0 Å². The Morgan fingerprint density at radius 3 is 1.09 bits per heavy atom. The van der Waals surface area contributed by atoms with Crippen LogP contribution in [0.2, 0.25) is 0 Å². The van der Waals surface area contributed by atoms with Crippen LogP contribution in [0.5, 0.6) is 0 Å². The molecule has 0 unspecified atom stereocenters. The largest absolute Gasteiger partial charge is 0.0614 e. The highest BCUT2D eigenvalue weighted by atomic mass is 14.7. The third-order valence-corrected chi connectivity index (χ3v) is 5.39. The van der Waals surface area contributed by atoms with E-state index >= 15 is 0 Å². The first kappa shape index (κ1) is 9.09. The maximum absolute atomic E-state index is 2.40. The molecule has 11 heavy (non-hydrogen) atoms. The molecule has 0 radical (unpaired) electrons. The molecule has 0 bridgehead atoms. The second-order valence-corrected chi connectivity index (χ2v) is 5.79. The van der Waals surface area contributed by atoms with Crippen LogP contribution in [-0.4, -0.2) is 0 Å². The molecule has 66 valence electrons. The fourth-order valence-electron chi connectivity index (χ4n) is 2.74. The van der Waals surface area contributed by atoms with E-state index in [4.69, 9.17) is 0 Å². The smallest absolute Gasteiger partial charge is 0.0246 e. The summed E-state index contributed by atoms with van der Waals surface area (Å²) in [6, 6.07) is 0. The molecular weight excluding hydrogens is 132 g/mol. The Morgan fingerprint density at radius 2 is 1.00 bits per heavy atom. The third-order valence-electron chi connectivity index (χ3n) is 5.39. The molecule has 1 rings (SSSR count). The number of rotatable bonds is 0. The average Bonchev–Trinajstić information content (AvgIpc) is 1.84. The van der Waals surface area contributed by atoms with E-state index in [1.165, 1.54) is 0 Å². The van der Waals surface area contributed by atoms with E-state index in [1.54, 1.807) is 0 Å². The topological polar surface area (TPSA) is 0 Å². The van der Waals surface area contributed by atoms with Crippen LogP contribution < -0.4 is 0 Å². The molecule has 0 heteroatoms. The van der Waals surface area contributed by atoms with Gasteiger partial charge in [0.1, 0.15) is 0 Å². The summed E-state index contributed by atoms with van der Waals surface area (Å²) in [7, 11) is 0. The van der Waals surface area contributed by atoms with Crippen LogP contribution in [0.25, 0.3) is 0 Å². The maximum Gasteiger partial charge on any atom is -0.0246 e. The monoisotopic (exact) mass is 154 g/mol. The lowest BCUT2D eigenvalue weighted by atomic mass is 9.35. The minimum absolute atomic E-state index is 0.486. The first-order chi connectivity index (χ1) is 4.65. The van der Waals surface area contributed by atoms with E-state index in [1.807, 2.05) is 0 Å². The van der Waals surface area contributed by atoms with Crippen molar-refractivity contribution in [3.05, 3.63) is 0 Å². The van der Waals surface area contributed by atoms with Gasteiger partial charge in [-0.1, -0.05) is 48.5 Å². The normalized spacial score (nSPS) is 33.0. The predicted molar refractivity (Wildman–Crippen MR) is 50.5 cm³/mol. The van der Waals surface area contributed by atoms with E-state index < -0.39 is 0 Å². The van der Waals surface area contributed by atoms with Crippen molar-refractivity contribution in [1.82, 2.24) is 0 Å². The lowest BCUT2D eigenvalue weighted by molar-refractivity contribution is -0.218. The second kappa shape index (κ2) is 1.84. The van der Waals surface area contributed by atoms with Gasteiger partial charge in [0, 0.05) is 0 Å². The summed E-state index contributed by atoms with van der Waals surface area (Å²) >= 11 is 0. The second-order valence-electron chi connectivity index (χ2n) is 5.79. The summed E-state index contributed by atoms with van der Waals surface area (Å²) in [5.41, 5.74) is 1.51. The van der Waals surface area contributed by atoms with Crippen LogP contribution in [0.15, 0.2) is 0 Å². The zero-order chi connectivity index (χ0) is 9.08. The molecule has 0 amide bonds. The van der Waals surface area contributed by atoms with Gasteiger partial charge in [0.05, 0.1) is 0 Å². The molecule has 1 aliphatic rings. The molecule has 0 nitrogen and oxygen atoms in total. The standard InChI is InChI=1S/C11H22/c1-8-9(2,3)11(6,7)10(8,4)5/h8H,1-7H3. The third kappa shape index (κ3) is 0.711. The summed E-state index contributed by atoms with van der Waals surface area (Å²) in [6.07, 6.45) is 0. The maximum atomic E-state index is 2.40. The summed E-state index contributed by atoms with van der Waals surface area (Å²) in [6.45, 7) is 16.7. The van der Waals surface area contributed by atoms with Crippen LogP contribution in [0.4, 0.5) is 0 Å². The first-order valence-electron chi connectivity index (χ1n) is 4.65. The van der Waals surface area contributed by atoms with Crippen molar-refractivity contribution >= 4 is 0 Å². The van der Waals surface area contributed by atoms with Crippen molar-refractivity contribution in [2.45, 2.75) is 48.5 Å². The molecule has 0 N–H and O–H groups in total. The van der Waals surface area contributed by atoms with Crippen molar-refractivity contribution in [3.8, 4) is 0 Å². The van der Waals surface area contributed by atoms with E-state index in [0.717, 1.165) is 5.92 Å². The minimum Gasteiger partial charge on any atom is -0.0614 e. The highest BCUT2D eigenvalue weighted by molar-refractivity contribution is 5.12. The van der Waals surface area contributed by atoms with Crippen molar-refractivity contribution < 1.29 is 0 Å². The molecule has 0 aromatic carbocycles. The van der Waals surface area contributed by atoms with E-state index in [-0.39, 0.29) is 0 Å². The number of hydrogen-bond acceptors (Lipinski definition) is 0. The summed E-state index contributed by atoms with van der Waals surface area (Å²) in [5, 5.41) is 0. The molecule has 0 aromatic rings. The summed E-state index contributed by atoms with van der Waals surface area (Å²) in [5.74, 6) is 0.838. The van der Waals surface area contributed by atoms with Gasteiger partial charge in [-0.15, -0.1) is 0 Å². The highest BCUT2D eigenvalue weighted by Crippen LogP contribution is 2.70. The van der Waals surface area contributed by atoms with Gasteiger partial charge in [-0.3, -0.25) is 0 Å². The van der Waals surface area contributed by atoms with Crippen LogP contribution in [-0.2, 0) is 0 Å². The Kier molecular flexibility index (Phi) is 1.52. The van der Waals surface area contributed by atoms with E-state index in [0.29, 0.717) is 16.2 Å². The van der Waals surface area contributed by atoms with Crippen molar-refractivity contribution in [2.24, 2.45) is 22.2 Å². The van der Waals surface area contributed by atoms with Crippen molar-refractivity contribution in [1.29, 1.82) is 0 Å². The quantitative estimate of drug-likeness (QED) is 0.499. The van der Waals surface area contributed by atoms with Gasteiger partial charge < -0.3 is 0 Å². The van der Waals surface area contributed by atoms with E-state index in [9.17, 15) is 0 Å². The lowest BCUT2D eigenvalue weighted by Crippen LogP contribution is -2.64. The van der Waals surface area contributed by atoms with Gasteiger partial charge in [-0.05, 0) is 22.2 Å². The van der Waals surface area contributed by atoms with Gasteiger partial charge in [-0.25, -0.2) is 0 Å². The molecule has 0 aliphatic heterocycles. The predicted octanol–water partition coefficient (Wildman–Crippen LogP) is 3.71. The lowest BCUT2D eigenvalue weighted by Gasteiger charge is -2.70. The molecule has 0 heterocycles. The molecule has 1 aliphatic carbocycles. The fraction of sp³-hybridized carbons (Fsp3) is 1.00. The Hall–Kier alpha value is 0. The molecule has 0 atom stereocenters. The van der Waals surface area contributed by atoms with Gasteiger partial charge in [-0.2, -0.15) is 0 Å². The van der Waals surface area contributed by atoms with Gasteiger partial charge >= 0.3 is 0 Å². The minimum atomic E-state index is 0.486. The Balaban J connectivity index is 2.98. The average molecular weight is 154 g/mol. The van der Waals surface area contributed by atoms with Crippen molar-refractivity contribution in [3.63, 3.8) is 0 Å². The van der Waals surface area contributed by atoms with Gasteiger partial charge in [0.25, 0.3) is 0 Å². The zero-order valence-corrected chi connectivity index (χ0v) is 9.08. The van der Waals surface area contributed by atoms with Gasteiger partial charge in [0.2, 0.25) is 0 Å². The van der Waals surface area contributed by atoms with Gasteiger partial charge in [0.15, 0.2) is 0 Å². The molecule has 1 fully saturated rings. The van der Waals surface area contributed by atoms with Crippen LogP contribution in [0, 0.1) is 22.2 Å². The molecule has 0 saturated heterocycles. The molecular formula is C11H22. The molecule has 0 spiro atoms. The fourth-order valence-corrected chi connectivity index (χ4v) is 2.74. The first-order valence-corrected chi connectivity index (χ1v) is 4.65. The Bertz CT molecular complexity index is 154. The zero-order valence-electron chi connectivity index (χ0n) is 9.08. The molecule has 0 aromatic heterocycles. The van der Waals surface area contributed by atoms with Crippen molar-refractivity contribution in [2.75, 3.05) is 0 Å².